The Kier molecular flexibility index (Phi) is 4.62. The Morgan fingerprint density at radius 2 is 1.79 bits per heavy atom. The third-order valence-corrected chi connectivity index (χ3v) is 4.54. The van der Waals surface area contributed by atoms with E-state index in [4.69, 9.17) is 0 Å². The first-order valence-corrected chi connectivity index (χ1v) is 7.51. The van der Waals surface area contributed by atoms with Gasteiger partial charge < -0.3 is 5.32 Å². The molecule has 1 aromatic carbocycles. The van der Waals surface area contributed by atoms with Gasteiger partial charge in [-0.3, -0.25) is 0 Å². The van der Waals surface area contributed by atoms with E-state index >= 15 is 0 Å². The van der Waals surface area contributed by atoms with Crippen LogP contribution in [0.4, 0.5) is 4.39 Å². The molecule has 0 radical (unpaired) electrons. The van der Waals surface area contributed by atoms with E-state index in [1.807, 2.05) is 12.1 Å². The van der Waals surface area contributed by atoms with Gasteiger partial charge in [0.15, 0.2) is 0 Å². The lowest BCUT2D eigenvalue weighted by molar-refractivity contribution is 0.229. The van der Waals surface area contributed by atoms with Crippen molar-refractivity contribution >= 4 is 0 Å². The van der Waals surface area contributed by atoms with Crippen molar-refractivity contribution < 1.29 is 4.39 Å². The molecule has 0 spiro atoms. The molecule has 1 aliphatic carbocycles. The topological polar surface area (TPSA) is 12.0 Å². The third kappa shape index (κ3) is 3.56. The highest BCUT2D eigenvalue weighted by molar-refractivity contribution is 5.27. The summed E-state index contributed by atoms with van der Waals surface area (Å²) < 4.78 is 13.1. The molecule has 1 saturated carbocycles. The van der Waals surface area contributed by atoms with Gasteiger partial charge in [-0.1, -0.05) is 32.9 Å². The van der Waals surface area contributed by atoms with Crippen LogP contribution in [0.5, 0.6) is 0 Å². The molecule has 0 amide bonds. The molecular weight excluding hydrogens is 237 g/mol. The highest BCUT2D eigenvalue weighted by Gasteiger charge is 2.35. The smallest absolute Gasteiger partial charge is 0.123 e. The minimum Gasteiger partial charge on any atom is -0.314 e. The quantitative estimate of drug-likeness (QED) is 0.855. The average molecular weight is 263 g/mol. The van der Waals surface area contributed by atoms with E-state index in [1.54, 1.807) is 12.1 Å². The fraction of sp³-hybridized carbons (Fsp3) is 0.647. The Morgan fingerprint density at radius 3 is 2.32 bits per heavy atom. The summed E-state index contributed by atoms with van der Waals surface area (Å²) >= 11 is 0. The van der Waals surface area contributed by atoms with Crippen LogP contribution in [0.2, 0.25) is 0 Å². The van der Waals surface area contributed by atoms with Crippen molar-refractivity contribution in [3.8, 4) is 0 Å². The van der Waals surface area contributed by atoms with Gasteiger partial charge >= 0.3 is 0 Å². The summed E-state index contributed by atoms with van der Waals surface area (Å²) in [5.74, 6) is 0.688. The number of rotatable bonds is 4. The SMILES string of the molecule is CC1CCC(CNC(C)C)(c2ccc(F)cc2)CC1. The van der Waals surface area contributed by atoms with Crippen LogP contribution in [0.25, 0.3) is 0 Å². The number of hydrogen-bond donors (Lipinski definition) is 1. The molecule has 2 heteroatoms. The van der Waals surface area contributed by atoms with Crippen LogP contribution in [0.1, 0.15) is 52.0 Å². The minimum atomic E-state index is -0.139. The fourth-order valence-corrected chi connectivity index (χ4v) is 3.09. The van der Waals surface area contributed by atoms with E-state index in [2.05, 4.69) is 26.1 Å². The number of hydrogen-bond acceptors (Lipinski definition) is 1. The summed E-state index contributed by atoms with van der Waals surface area (Å²) in [7, 11) is 0. The van der Waals surface area contributed by atoms with E-state index < -0.39 is 0 Å². The molecule has 1 nitrogen and oxygen atoms in total. The van der Waals surface area contributed by atoms with Crippen LogP contribution in [-0.4, -0.2) is 12.6 Å². The highest BCUT2D eigenvalue weighted by Crippen LogP contribution is 2.41. The van der Waals surface area contributed by atoms with Gasteiger partial charge in [-0.15, -0.1) is 0 Å². The average Bonchev–Trinajstić information content (AvgIpc) is 2.39. The maximum absolute atomic E-state index is 13.1. The maximum atomic E-state index is 13.1. The van der Waals surface area contributed by atoms with Gasteiger partial charge in [0.2, 0.25) is 0 Å². The zero-order chi connectivity index (χ0) is 13.9. The maximum Gasteiger partial charge on any atom is 0.123 e. The van der Waals surface area contributed by atoms with Gasteiger partial charge in [0, 0.05) is 18.0 Å². The first-order chi connectivity index (χ1) is 9.02. The van der Waals surface area contributed by atoms with Crippen LogP contribution >= 0.6 is 0 Å². The van der Waals surface area contributed by atoms with Crippen LogP contribution in [0, 0.1) is 11.7 Å². The molecule has 1 fully saturated rings. The van der Waals surface area contributed by atoms with E-state index in [1.165, 1.54) is 31.2 Å². The Balaban J connectivity index is 2.20. The van der Waals surface area contributed by atoms with E-state index in [-0.39, 0.29) is 11.2 Å². The van der Waals surface area contributed by atoms with E-state index in [9.17, 15) is 4.39 Å². The van der Waals surface area contributed by atoms with Crippen molar-refractivity contribution in [1.82, 2.24) is 5.32 Å². The van der Waals surface area contributed by atoms with Crippen LogP contribution < -0.4 is 5.32 Å². The molecular formula is C17H26FN. The van der Waals surface area contributed by atoms with Gasteiger partial charge in [-0.2, -0.15) is 0 Å². The molecule has 0 aliphatic heterocycles. The Labute approximate surface area is 116 Å². The number of nitrogens with one attached hydrogen (secondary N) is 1. The van der Waals surface area contributed by atoms with Crippen molar-refractivity contribution in [3.05, 3.63) is 35.6 Å². The van der Waals surface area contributed by atoms with Gasteiger partial charge in [0.25, 0.3) is 0 Å². The molecule has 1 aromatic rings. The molecule has 0 saturated heterocycles. The Bertz CT molecular complexity index is 388. The Hall–Kier alpha value is -0.890. The molecule has 0 atom stereocenters. The molecule has 19 heavy (non-hydrogen) atoms. The van der Waals surface area contributed by atoms with E-state index in [0.29, 0.717) is 6.04 Å². The van der Waals surface area contributed by atoms with Crippen molar-refractivity contribution in [2.75, 3.05) is 6.54 Å². The molecule has 106 valence electrons. The zero-order valence-electron chi connectivity index (χ0n) is 12.4. The summed E-state index contributed by atoms with van der Waals surface area (Å²) in [6, 6.07) is 7.66. The standard InChI is InChI=1S/C17H26FN/c1-13(2)19-12-17(10-8-14(3)9-11-17)15-4-6-16(18)7-5-15/h4-7,13-14,19H,8-12H2,1-3H3. The monoisotopic (exact) mass is 263 g/mol. The lowest BCUT2D eigenvalue weighted by atomic mass is 9.67. The number of benzene rings is 1. The van der Waals surface area contributed by atoms with Crippen LogP contribution in [0.3, 0.4) is 0 Å². The van der Waals surface area contributed by atoms with Gasteiger partial charge in [0.05, 0.1) is 0 Å². The lowest BCUT2D eigenvalue weighted by Gasteiger charge is -2.41. The first-order valence-electron chi connectivity index (χ1n) is 7.51. The van der Waals surface area contributed by atoms with Crippen LogP contribution in [0.15, 0.2) is 24.3 Å². The molecule has 0 aromatic heterocycles. The van der Waals surface area contributed by atoms with Crippen LogP contribution in [-0.2, 0) is 5.41 Å². The summed E-state index contributed by atoms with van der Waals surface area (Å²) in [6.07, 6.45) is 4.97. The minimum absolute atomic E-state index is 0.139. The zero-order valence-corrected chi connectivity index (χ0v) is 12.4. The predicted octanol–water partition coefficient (Wildman–Crippen LogP) is 4.27. The van der Waals surface area contributed by atoms with Crippen molar-refractivity contribution in [2.24, 2.45) is 5.92 Å². The summed E-state index contributed by atoms with van der Waals surface area (Å²) in [4.78, 5) is 0. The number of halogens is 1. The lowest BCUT2D eigenvalue weighted by Crippen LogP contribution is -2.43. The second kappa shape index (κ2) is 6.04. The molecule has 0 bridgehead atoms. The summed E-state index contributed by atoms with van der Waals surface area (Å²) in [5.41, 5.74) is 1.50. The summed E-state index contributed by atoms with van der Waals surface area (Å²) in [5, 5.41) is 3.59. The molecule has 1 aliphatic rings. The molecule has 0 unspecified atom stereocenters. The highest BCUT2D eigenvalue weighted by atomic mass is 19.1. The second-order valence-electron chi connectivity index (χ2n) is 6.51. The Morgan fingerprint density at radius 1 is 1.21 bits per heavy atom. The predicted molar refractivity (Wildman–Crippen MR) is 78.8 cm³/mol. The summed E-state index contributed by atoms with van der Waals surface area (Å²) in [6.45, 7) is 7.71. The van der Waals surface area contributed by atoms with Crippen molar-refractivity contribution in [2.45, 2.75) is 57.9 Å². The van der Waals surface area contributed by atoms with Crippen molar-refractivity contribution in [3.63, 3.8) is 0 Å². The van der Waals surface area contributed by atoms with Gasteiger partial charge in [0.1, 0.15) is 5.82 Å². The molecule has 1 N–H and O–H groups in total. The van der Waals surface area contributed by atoms with Gasteiger partial charge in [-0.25, -0.2) is 4.39 Å². The molecule has 2 rings (SSSR count). The third-order valence-electron chi connectivity index (χ3n) is 4.54. The van der Waals surface area contributed by atoms with Crippen molar-refractivity contribution in [1.29, 1.82) is 0 Å². The van der Waals surface area contributed by atoms with Gasteiger partial charge in [-0.05, 0) is 49.3 Å². The fourth-order valence-electron chi connectivity index (χ4n) is 3.09. The first kappa shape index (κ1) is 14.5. The molecule has 0 heterocycles. The largest absolute Gasteiger partial charge is 0.314 e. The van der Waals surface area contributed by atoms with E-state index in [0.717, 1.165) is 12.5 Å². The normalized spacial score (nSPS) is 27.7. The second-order valence-corrected chi connectivity index (χ2v) is 6.51.